The molecule has 0 aromatic carbocycles. The maximum absolute atomic E-state index is 12.0. The first-order chi connectivity index (χ1) is 9.08. The number of anilines is 1. The molecule has 1 rings (SSSR count). The van der Waals surface area contributed by atoms with E-state index in [1.807, 2.05) is 20.8 Å². The lowest BCUT2D eigenvalue weighted by atomic mass is 10.1. The van der Waals surface area contributed by atoms with Crippen LogP contribution in [0, 0.1) is 5.92 Å². The van der Waals surface area contributed by atoms with E-state index in [0.29, 0.717) is 18.1 Å². The first-order valence-electron chi connectivity index (χ1n) is 6.45. The zero-order valence-corrected chi connectivity index (χ0v) is 11.9. The Hall–Kier alpha value is -1.69. The molecule has 6 heteroatoms. The highest BCUT2D eigenvalue weighted by Gasteiger charge is 2.18. The van der Waals surface area contributed by atoms with Gasteiger partial charge in [-0.2, -0.15) is 0 Å². The smallest absolute Gasteiger partial charge is 0.272 e. The molecule has 1 unspecified atom stereocenters. The van der Waals surface area contributed by atoms with Crippen molar-refractivity contribution in [3.05, 3.63) is 17.8 Å². The van der Waals surface area contributed by atoms with Crippen molar-refractivity contribution in [3.8, 4) is 0 Å². The van der Waals surface area contributed by atoms with Crippen LogP contribution in [0.2, 0.25) is 0 Å². The Balaban J connectivity index is 2.66. The molecular weight excluding hydrogens is 244 g/mol. The molecule has 0 bridgehead atoms. The molecule has 0 spiro atoms. The van der Waals surface area contributed by atoms with Crippen LogP contribution in [-0.4, -0.2) is 42.4 Å². The van der Waals surface area contributed by atoms with Crippen LogP contribution < -0.4 is 10.6 Å². The minimum absolute atomic E-state index is 0.0345. The summed E-state index contributed by atoms with van der Waals surface area (Å²) in [5.74, 6) is 0.723. The zero-order chi connectivity index (χ0) is 14.3. The van der Waals surface area contributed by atoms with Crippen molar-refractivity contribution in [1.82, 2.24) is 15.5 Å². The number of methoxy groups -OCH3 is 1. The van der Waals surface area contributed by atoms with Crippen LogP contribution in [0.3, 0.4) is 0 Å². The van der Waals surface area contributed by atoms with Crippen LogP contribution in [0.15, 0.2) is 12.1 Å². The van der Waals surface area contributed by atoms with Crippen LogP contribution in [0.25, 0.3) is 0 Å². The van der Waals surface area contributed by atoms with Gasteiger partial charge in [0.25, 0.3) is 5.91 Å². The van der Waals surface area contributed by atoms with E-state index < -0.39 is 0 Å². The Kier molecular flexibility index (Phi) is 6.21. The van der Waals surface area contributed by atoms with Gasteiger partial charge in [-0.25, -0.2) is 0 Å². The van der Waals surface area contributed by atoms with Crippen molar-refractivity contribution in [3.63, 3.8) is 0 Å². The number of carbonyl (C=O) groups is 1. The number of nitrogens with one attached hydrogen (secondary N) is 2. The molecule has 0 aliphatic rings. The van der Waals surface area contributed by atoms with Gasteiger partial charge in [0.05, 0.1) is 12.6 Å². The van der Waals surface area contributed by atoms with Crippen LogP contribution in [0.1, 0.15) is 31.3 Å². The monoisotopic (exact) mass is 266 g/mol. The largest absolute Gasteiger partial charge is 0.383 e. The normalized spacial score (nSPS) is 12.3. The van der Waals surface area contributed by atoms with Gasteiger partial charge in [-0.3, -0.25) is 4.79 Å². The fourth-order valence-electron chi connectivity index (χ4n) is 1.55. The maximum atomic E-state index is 12.0. The third-order valence-corrected chi connectivity index (χ3v) is 2.72. The number of aromatic nitrogens is 2. The van der Waals surface area contributed by atoms with Gasteiger partial charge in [-0.15, -0.1) is 10.2 Å². The minimum atomic E-state index is -0.230. The average Bonchev–Trinajstić information content (AvgIpc) is 2.39. The lowest BCUT2D eigenvalue weighted by Gasteiger charge is -2.21. The van der Waals surface area contributed by atoms with E-state index in [0.717, 1.165) is 6.54 Å². The van der Waals surface area contributed by atoms with E-state index in [9.17, 15) is 4.79 Å². The molecule has 106 valence electrons. The SMILES string of the molecule is CCNc1ccc(C(=O)NC(COC)C(C)C)nn1. The number of amides is 1. The highest BCUT2D eigenvalue weighted by molar-refractivity contribution is 5.92. The Morgan fingerprint density at radius 1 is 1.37 bits per heavy atom. The van der Waals surface area contributed by atoms with Gasteiger partial charge >= 0.3 is 0 Å². The van der Waals surface area contributed by atoms with Crippen molar-refractivity contribution in [1.29, 1.82) is 0 Å². The topological polar surface area (TPSA) is 76.1 Å². The fourth-order valence-corrected chi connectivity index (χ4v) is 1.55. The Bertz CT molecular complexity index is 392. The number of rotatable bonds is 7. The second-order valence-electron chi connectivity index (χ2n) is 4.61. The first kappa shape index (κ1) is 15.4. The van der Waals surface area contributed by atoms with E-state index in [4.69, 9.17) is 4.74 Å². The number of nitrogens with zero attached hydrogens (tertiary/aromatic N) is 2. The molecule has 1 atom stereocenters. The number of hydrogen-bond donors (Lipinski definition) is 2. The van der Waals surface area contributed by atoms with Gasteiger partial charge < -0.3 is 15.4 Å². The summed E-state index contributed by atoms with van der Waals surface area (Å²) in [6, 6.07) is 3.36. The molecule has 0 aliphatic heterocycles. The highest BCUT2D eigenvalue weighted by atomic mass is 16.5. The van der Waals surface area contributed by atoms with Crippen LogP contribution >= 0.6 is 0 Å². The lowest BCUT2D eigenvalue weighted by molar-refractivity contribution is 0.0861. The predicted molar refractivity (Wildman–Crippen MR) is 74.2 cm³/mol. The second-order valence-corrected chi connectivity index (χ2v) is 4.61. The summed E-state index contributed by atoms with van der Waals surface area (Å²) >= 11 is 0. The summed E-state index contributed by atoms with van der Waals surface area (Å²) in [5.41, 5.74) is 0.309. The Labute approximate surface area is 113 Å². The molecule has 6 nitrogen and oxygen atoms in total. The van der Waals surface area contributed by atoms with E-state index in [1.165, 1.54) is 0 Å². The first-order valence-corrected chi connectivity index (χ1v) is 6.45. The number of hydrogen-bond acceptors (Lipinski definition) is 5. The van der Waals surface area contributed by atoms with Gasteiger partial charge in [0, 0.05) is 13.7 Å². The van der Waals surface area contributed by atoms with Crippen LogP contribution in [-0.2, 0) is 4.74 Å². The molecule has 1 heterocycles. The summed E-state index contributed by atoms with van der Waals surface area (Å²) in [6.45, 7) is 7.28. The lowest BCUT2D eigenvalue weighted by Crippen LogP contribution is -2.42. The summed E-state index contributed by atoms with van der Waals surface area (Å²) < 4.78 is 5.09. The summed E-state index contributed by atoms with van der Waals surface area (Å²) in [7, 11) is 1.62. The quantitative estimate of drug-likeness (QED) is 0.778. The van der Waals surface area contributed by atoms with Gasteiger partial charge in [0.2, 0.25) is 0 Å². The molecule has 1 aromatic heterocycles. The Morgan fingerprint density at radius 3 is 2.58 bits per heavy atom. The van der Waals surface area contributed by atoms with Crippen LogP contribution in [0.4, 0.5) is 5.82 Å². The van der Waals surface area contributed by atoms with E-state index in [-0.39, 0.29) is 17.9 Å². The van der Waals surface area contributed by atoms with Gasteiger partial charge in [0.15, 0.2) is 5.69 Å². The molecule has 0 aliphatic carbocycles. The van der Waals surface area contributed by atoms with E-state index in [1.54, 1.807) is 19.2 Å². The zero-order valence-electron chi connectivity index (χ0n) is 11.9. The molecular formula is C13H22N4O2. The summed E-state index contributed by atoms with van der Waals surface area (Å²) in [5, 5.41) is 13.8. The molecule has 0 saturated carbocycles. The third-order valence-electron chi connectivity index (χ3n) is 2.72. The van der Waals surface area contributed by atoms with Crippen molar-refractivity contribution in [2.24, 2.45) is 5.92 Å². The van der Waals surface area contributed by atoms with Crippen molar-refractivity contribution >= 4 is 11.7 Å². The van der Waals surface area contributed by atoms with E-state index in [2.05, 4.69) is 20.8 Å². The van der Waals surface area contributed by atoms with Gasteiger partial charge in [0.1, 0.15) is 5.82 Å². The maximum Gasteiger partial charge on any atom is 0.272 e. The molecule has 0 radical (unpaired) electrons. The fraction of sp³-hybridized carbons (Fsp3) is 0.615. The predicted octanol–water partition coefficient (Wildman–Crippen LogP) is 1.31. The van der Waals surface area contributed by atoms with Gasteiger partial charge in [-0.1, -0.05) is 13.8 Å². The van der Waals surface area contributed by atoms with E-state index >= 15 is 0 Å². The molecule has 1 amide bonds. The summed E-state index contributed by atoms with van der Waals surface area (Å²) in [6.07, 6.45) is 0. The summed E-state index contributed by atoms with van der Waals surface area (Å²) in [4.78, 5) is 12.0. The molecule has 0 saturated heterocycles. The highest BCUT2D eigenvalue weighted by Crippen LogP contribution is 2.05. The van der Waals surface area contributed by atoms with Gasteiger partial charge in [-0.05, 0) is 25.0 Å². The molecule has 2 N–H and O–H groups in total. The number of ether oxygens (including phenoxy) is 1. The van der Waals surface area contributed by atoms with Crippen molar-refractivity contribution in [2.75, 3.05) is 25.6 Å². The number of carbonyl (C=O) groups excluding carboxylic acids is 1. The molecule has 1 aromatic rings. The molecule has 19 heavy (non-hydrogen) atoms. The van der Waals surface area contributed by atoms with Crippen LogP contribution in [0.5, 0.6) is 0 Å². The minimum Gasteiger partial charge on any atom is -0.383 e. The third kappa shape index (κ3) is 4.82. The standard InChI is InChI=1S/C13H22N4O2/c1-5-14-12-7-6-10(16-17-12)13(18)15-11(8-19-4)9(2)3/h6-7,9,11H,5,8H2,1-4H3,(H,14,17)(H,15,18). The van der Waals surface area contributed by atoms with Crippen molar-refractivity contribution in [2.45, 2.75) is 26.8 Å². The second kappa shape index (κ2) is 7.68. The Morgan fingerprint density at radius 2 is 2.11 bits per heavy atom. The molecule has 0 fully saturated rings. The average molecular weight is 266 g/mol. The van der Waals surface area contributed by atoms with Crippen molar-refractivity contribution < 1.29 is 9.53 Å².